The average molecular weight is 290 g/mol. The van der Waals surface area contributed by atoms with Crippen LogP contribution < -0.4 is 5.32 Å². The van der Waals surface area contributed by atoms with E-state index in [1.165, 1.54) is 0 Å². The molecule has 2 aromatic heterocycles. The predicted octanol–water partition coefficient (Wildman–Crippen LogP) is 2.60. The number of aromatic nitrogens is 4. The number of thiazole rings is 1. The van der Waals surface area contributed by atoms with E-state index in [2.05, 4.69) is 25.3 Å². The normalized spacial score (nSPS) is 10.5. The molecular formula is C9H9Cl2N5S. The average Bonchev–Trinajstić information content (AvgIpc) is 2.63. The van der Waals surface area contributed by atoms with Crippen molar-refractivity contribution in [1.82, 2.24) is 19.9 Å². The van der Waals surface area contributed by atoms with Crippen molar-refractivity contribution in [3.63, 3.8) is 0 Å². The van der Waals surface area contributed by atoms with Gasteiger partial charge in [0.2, 0.25) is 16.5 Å². The van der Waals surface area contributed by atoms with Gasteiger partial charge in [-0.2, -0.15) is 15.0 Å². The molecule has 0 amide bonds. The molecule has 0 spiro atoms. The van der Waals surface area contributed by atoms with Gasteiger partial charge >= 0.3 is 0 Å². The van der Waals surface area contributed by atoms with Gasteiger partial charge in [-0.05, 0) is 30.1 Å². The molecule has 2 aromatic rings. The maximum Gasteiger partial charge on any atom is 0.228 e. The first kappa shape index (κ1) is 12.5. The van der Waals surface area contributed by atoms with Crippen LogP contribution in [-0.4, -0.2) is 26.5 Å². The first-order valence-corrected chi connectivity index (χ1v) is 6.49. The monoisotopic (exact) mass is 289 g/mol. The molecule has 0 unspecified atom stereocenters. The Labute approximate surface area is 112 Å². The van der Waals surface area contributed by atoms with E-state index in [1.54, 1.807) is 11.3 Å². The Morgan fingerprint density at radius 1 is 1.18 bits per heavy atom. The molecule has 0 aliphatic rings. The van der Waals surface area contributed by atoms with E-state index >= 15 is 0 Å². The number of hydrogen-bond acceptors (Lipinski definition) is 6. The Morgan fingerprint density at radius 2 is 1.88 bits per heavy atom. The van der Waals surface area contributed by atoms with Gasteiger partial charge < -0.3 is 5.32 Å². The highest BCUT2D eigenvalue weighted by Crippen LogP contribution is 2.11. The van der Waals surface area contributed by atoms with Crippen LogP contribution in [0.3, 0.4) is 0 Å². The molecule has 0 radical (unpaired) electrons. The molecule has 0 aliphatic heterocycles. The predicted molar refractivity (Wildman–Crippen MR) is 68.9 cm³/mol. The van der Waals surface area contributed by atoms with Crippen molar-refractivity contribution in [2.45, 2.75) is 13.3 Å². The van der Waals surface area contributed by atoms with E-state index in [0.717, 1.165) is 17.1 Å². The summed E-state index contributed by atoms with van der Waals surface area (Å²) in [7, 11) is 0. The van der Waals surface area contributed by atoms with Crippen LogP contribution in [0.5, 0.6) is 0 Å². The summed E-state index contributed by atoms with van der Waals surface area (Å²) >= 11 is 12.9. The van der Waals surface area contributed by atoms with Gasteiger partial charge in [-0.25, -0.2) is 4.98 Å². The lowest BCUT2D eigenvalue weighted by Crippen LogP contribution is -2.08. The van der Waals surface area contributed by atoms with Crippen LogP contribution in [0.25, 0.3) is 0 Å². The third-order valence-electron chi connectivity index (χ3n) is 1.87. The van der Waals surface area contributed by atoms with Gasteiger partial charge in [-0.15, -0.1) is 11.3 Å². The maximum absolute atomic E-state index is 5.65. The summed E-state index contributed by atoms with van der Waals surface area (Å²) < 4.78 is 0. The molecule has 0 atom stereocenters. The summed E-state index contributed by atoms with van der Waals surface area (Å²) in [6.45, 7) is 2.64. The largest absolute Gasteiger partial charge is 0.354 e. The van der Waals surface area contributed by atoms with E-state index < -0.39 is 0 Å². The van der Waals surface area contributed by atoms with E-state index in [9.17, 15) is 0 Å². The summed E-state index contributed by atoms with van der Waals surface area (Å²) in [5.74, 6) is 0.378. The summed E-state index contributed by atoms with van der Waals surface area (Å²) in [4.78, 5) is 15.8. The van der Waals surface area contributed by atoms with Crippen molar-refractivity contribution in [2.75, 3.05) is 11.9 Å². The fourth-order valence-electron chi connectivity index (χ4n) is 1.20. The number of rotatable bonds is 4. The van der Waals surface area contributed by atoms with Crippen molar-refractivity contribution in [1.29, 1.82) is 0 Å². The van der Waals surface area contributed by atoms with Crippen molar-refractivity contribution in [3.8, 4) is 0 Å². The minimum atomic E-state index is 0.0811. The molecule has 1 N–H and O–H groups in total. The topological polar surface area (TPSA) is 63.6 Å². The van der Waals surface area contributed by atoms with Gasteiger partial charge in [-0.1, -0.05) is 0 Å². The number of hydrogen-bond donors (Lipinski definition) is 1. The summed E-state index contributed by atoms with van der Waals surface area (Å²) in [6, 6.07) is 0. The molecule has 0 fully saturated rings. The molecule has 2 heterocycles. The van der Waals surface area contributed by atoms with Crippen molar-refractivity contribution >= 4 is 40.5 Å². The van der Waals surface area contributed by atoms with Crippen LogP contribution in [-0.2, 0) is 6.42 Å². The number of anilines is 1. The molecule has 90 valence electrons. The van der Waals surface area contributed by atoms with E-state index in [1.807, 2.05) is 12.3 Å². The van der Waals surface area contributed by atoms with Crippen LogP contribution in [0.15, 0.2) is 5.38 Å². The molecule has 5 nitrogen and oxygen atoms in total. The number of halogens is 2. The zero-order valence-electron chi connectivity index (χ0n) is 8.94. The molecule has 8 heteroatoms. The number of nitrogens with zero attached hydrogens (tertiary/aromatic N) is 4. The summed E-state index contributed by atoms with van der Waals surface area (Å²) in [5.41, 5.74) is 1.04. The lowest BCUT2D eigenvalue weighted by molar-refractivity contribution is 0.947. The SMILES string of the molecule is Cc1csc(CCNc2nc(Cl)nc(Cl)n2)n1. The fraction of sp³-hybridized carbons (Fsp3) is 0.333. The smallest absolute Gasteiger partial charge is 0.228 e. The molecular weight excluding hydrogens is 281 g/mol. The molecule has 17 heavy (non-hydrogen) atoms. The lowest BCUT2D eigenvalue weighted by atomic mass is 10.4. The Kier molecular flexibility index (Phi) is 4.09. The Bertz CT molecular complexity index is 496. The minimum absolute atomic E-state index is 0.0811. The Balaban J connectivity index is 1.89. The first-order chi connectivity index (χ1) is 8.13. The summed E-state index contributed by atoms with van der Waals surface area (Å²) in [5, 5.41) is 6.27. The van der Waals surface area contributed by atoms with Gasteiger partial charge in [-0.3, -0.25) is 0 Å². The highest BCUT2D eigenvalue weighted by atomic mass is 35.5. The van der Waals surface area contributed by atoms with Crippen LogP contribution in [0.2, 0.25) is 10.6 Å². The van der Waals surface area contributed by atoms with Gasteiger partial charge in [0.1, 0.15) is 0 Å². The minimum Gasteiger partial charge on any atom is -0.354 e. The second-order valence-corrected chi connectivity index (χ2v) is 4.88. The number of nitrogens with one attached hydrogen (secondary N) is 1. The Hall–Kier alpha value is -0.980. The van der Waals surface area contributed by atoms with Gasteiger partial charge in [0, 0.05) is 24.0 Å². The quantitative estimate of drug-likeness (QED) is 0.937. The van der Waals surface area contributed by atoms with Crippen LogP contribution >= 0.6 is 34.5 Å². The third-order valence-corrected chi connectivity index (χ3v) is 3.23. The second kappa shape index (κ2) is 5.57. The van der Waals surface area contributed by atoms with Crippen molar-refractivity contribution < 1.29 is 0 Å². The van der Waals surface area contributed by atoms with Crippen LogP contribution in [0.1, 0.15) is 10.7 Å². The number of aryl methyl sites for hydroxylation is 1. The zero-order valence-corrected chi connectivity index (χ0v) is 11.3. The second-order valence-electron chi connectivity index (χ2n) is 3.26. The van der Waals surface area contributed by atoms with E-state index in [-0.39, 0.29) is 10.6 Å². The fourth-order valence-corrected chi connectivity index (χ4v) is 2.34. The molecule has 0 aliphatic carbocycles. The molecule has 0 saturated heterocycles. The van der Waals surface area contributed by atoms with Crippen LogP contribution in [0, 0.1) is 6.92 Å². The van der Waals surface area contributed by atoms with E-state index in [0.29, 0.717) is 12.5 Å². The maximum atomic E-state index is 5.65. The molecule has 2 rings (SSSR count). The van der Waals surface area contributed by atoms with Gasteiger partial charge in [0.05, 0.1) is 5.01 Å². The summed E-state index contributed by atoms with van der Waals surface area (Å²) in [6.07, 6.45) is 0.805. The van der Waals surface area contributed by atoms with Crippen molar-refractivity contribution in [3.05, 3.63) is 26.6 Å². The van der Waals surface area contributed by atoms with E-state index in [4.69, 9.17) is 23.2 Å². The van der Waals surface area contributed by atoms with Gasteiger partial charge in [0.25, 0.3) is 0 Å². The standard InChI is InChI=1S/C9H9Cl2N5S/c1-5-4-17-6(13-5)2-3-12-9-15-7(10)14-8(11)16-9/h4H,2-3H2,1H3,(H,12,14,15,16). The zero-order chi connectivity index (χ0) is 12.3. The molecule has 0 saturated carbocycles. The highest BCUT2D eigenvalue weighted by Gasteiger charge is 2.03. The van der Waals surface area contributed by atoms with Gasteiger partial charge in [0.15, 0.2) is 0 Å². The third kappa shape index (κ3) is 3.76. The first-order valence-electron chi connectivity index (χ1n) is 4.85. The molecule has 0 aromatic carbocycles. The Morgan fingerprint density at radius 3 is 2.47 bits per heavy atom. The molecule has 0 bridgehead atoms. The lowest BCUT2D eigenvalue weighted by Gasteiger charge is -2.03. The van der Waals surface area contributed by atoms with Crippen LogP contribution in [0.4, 0.5) is 5.95 Å². The van der Waals surface area contributed by atoms with Crippen molar-refractivity contribution in [2.24, 2.45) is 0 Å². The highest BCUT2D eigenvalue weighted by molar-refractivity contribution is 7.09.